The van der Waals surface area contributed by atoms with Crippen molar-refractivity contribution < 1.29 is 0 Å². The highest BCUT2D eigenvalue weighted by molar-refractivity contribution is 8.18. The summed E-state index contributed by atoms with van der Waals surface area (Å²) in [6.07, 6.45) is 6.25. The van der Waals surface area contributed by atoms with Crippen LogP contribution in [0.25, 0.3) is 6.08 Å². The largest absolute Gasteiger partial charge is 0.352 e. The maximum atomic E-state index is 9.82. The summed E-state index contributed by atoms with van der Waals surface area (Å²) in [5, 5.41) is 10.5. The Hall–Kier alpha value is -1.54. The molecule has 0 unspecified atom stereocenters. The quantitative estimate of drug-likeness (QED) is 0.706. The zero-order chi connectivity index (χ0) is 17.0. The fourth-order valence-electron chi connectivity index (χ4n) is 2.72. The fourth-order valence-corrected chi connectivity index (χ4v) is 5.10. The summed E-state index contributed by atoms with van der Waals surface area (Å²) in [5.74, 6) is 0.778. The van der Waals surface area contributed by atoms with E-state index in [2.05, 4.69) is 35.3 Å². The predicted molar refractivity (Wildman–Crippen MR) is 108 cm³/mol. The van der Waals surface area contributed by atoms with E-state index in [0.717, 1.165) is 22.2 Å². The summed E-state index contributed by atoms with van der Waals surface area (Å²) in [5.41, 5.74) is 2.22. The topological polar surface area (TPSA) is 27.0 Å². The van der Waals surface area contributed by atoms with E-state index in [0.29, 0.717) is 0 Å². The molecule has 122 valence electrons. The lowest BCUT2D eigenvalue weighted by atomic mass is 10.1. The average Bonchev–Trinajstić information content (AvgIpc) is 3.00. The Morgan fingerprint density at radius 3 is 2.58 bits per heavy atom. The Bertz CT molecular complexity index is 755. The molecule has 0 radical (unpaired) electrons. The second kappa shape index (κ2) is 7.57. The first-order valence-electron chi connectivity index (χ1n) is 7.54. The van der Waals surface area contributed by atoms with Crippen molar-refractivity contribution in [3.63, 3.8) is 0 Å². The summed E-state index contributed by atoms with van der Waals surface area (Å²) >= 11 is 9.30. The summed E-state index contributed by atoms with van der Waals surface area (Å²) in [6.45, 7) is 0. The van der Waals surface area contributed by atoms with Crippen molar-refractivity contribution in [2.24, 2.45) is 0 Å². The van der Waals surface area contributed by atoms with E-state index in [1.807, 2.05) is 48.7 Å². The Labute approximate surface area is 156 Å². The molecule has 1 fully saturated rings. The highest BCUT2D eigenvalue weighted by atomic mass is 35.5. The van der Waals surface area contributed by atoms with Crippen molar-refractivity contribution in [2.75, 3.05) is 17.0 Å². The maximum absolute atomic E-state index is 9.82. The van der Waals surface area contributed by atoms with E-state index in [-0.39, 0.29) is 6.04 Å². The predicted octanol–water partition coefficient (Wildman–Crippen LogP) is 5.52. The molecular weight excluding hydrogens is 356 g/mol. The lowest BCUT2D eigenvalue weighted by Crippen LogP contribution is -2.39. The SMILES string of the molecule is CS[C@]1(C#N)SCN(c2ccc(Cl)cc2)[C@H]1/C=C/c1ccccc1. The fraction of sp³-hybridized carbons (Fsp3) is 0.211. The molecule has 2 atom stereocenters. The molecule has 0 spiro atoms. The minimum absolute atomic E-state index is 0.0103. The average molecular weight is 373 g/mol. The van der Waals surface area contributed by atoms with Crippen LogP contribution in [0.15, 0.2) is 60.7 Å². The maximum Gasteiger partial charge on any atom is 0.173 e. The van der Waals surface area contributed by atoms with Crippen LogP contribution in [0.4, 0.5) is 5.69 Å². The molecule has 3 rings (SSSR count). The summed E-state index contributed by atoms with van der Waals surface area (Å²) in [6, 6.07) is 20.5. The van der Waals surface area contributed by atoms with Crippen molar-refractivity contribution in [2.45, 2.75) is 10.1 Å². The van der Waals surface area contributed by atoms with E-state index in [1.165, 1.54) is 0 Å². The molecular formula is C19H17ClN2S2. The van der Waals surface area contributed by atoms with Crippen LogP contribution < -0.4 is 4.90 Å². The van der Waals surface area contributed by atoms with Gasteiger partial charge in [-0.2, -0.15) is 5.26 Å². The molecule has 1 aliphatic rings. The standard InChI is InChI=1S/C19H17ClN2S2/c1-23-19(13-21)18(12-7-15-5-3-2-4-6-15)22(14-24-19)17-10-8-16(20)9-11-17/h2-12,18H,14H2,1H3/b12-7+/t18-,19+/m0/s1. The van der Waals surface area contributed by atoms with Crippen molar-refractivity contribution in [1.29, 1.82) is 5.26 Å². The molecule has 1 aliphatic heterocycles. The van der Waals surface area contributed by atoms with Crippen molar-refractivity contribution >= 4 is 46.9 Å². The first-order valence-corrected chi connectivity index (χ1v) is 10.1. The number of halogens is 1. The molecule has 0 saturated carbocycles. The molecule has 0 N–H and O–H groups in total. The van der Waals surface area contributed by atoms with Gasteiger partial charge in [-0.1, -0.05) is 54.1 Å². The Morgan fingerprint density at radius 2 is 1.96 bits per heavy atom. The van der Waals surface area contributed by atoms with Crippen LogP contribution in [0, 0.1) is 11.3 Å². The number of nitrogens with zero attached hydrogens (tertiary/aromatic N) is 2. The van der Waals surface area contributed by atoms with Crippen molar-refractivity contribution in [3.05, 3.63) is 71.3 Å². The van der Waals surface area contributed by atoms with Crippen LogP contribution in [0.1, 0.15) is 5.56 Å². The highest BCUT2D eigenvalue weighted by Crippen LogP contribution is 2.48. The molecule has 1 saturated heterocycles. The monoisotopic (exact) mass is 372 g/mol. The summed E-state index contributed by atoms with van der Waals surface area (Å²) in [4.78, 5) is 2.26. The number of anilines is 1. The number of nitriles is 1. The second-order valence-electron chi connectivity index (χ2n) is 5.42. The molecule has 2 nitrogen and oxygen atoms in total. The van der Waals surface area contributed by atoms with Crippen LogP contribution in [0.2, 0.25) is 5.02 Å². The number of thioether (sulfide) groups is 2. The minimum atomic E-state index is -0.509. The van der Waals surface area contributed by atoms with E-state index in [4.69, 9.17) is 11.6 Å². The lowest BCUT2D eigenvalue weighted by molar-refractivity contribution is 0.777. The van der Waals surface area contributed by atoms with Gasteiger partial charge in [-0.05, 0) is 36.1 Å². The highest BCUT2D eigenvalue weighted by Gasteiger charge is 2.47. The van der Waals surface area contributed by atoms with Gasteiger partial charge in [-0.3, -0.25) is 0 Å². The Morgan fingerprint density at radius 1 is 1.25 bits per heavy atom. The number of hydrogen-bond acceptors (Lipinski definition) is 4. The van der Waals surface area contributed by atoms with E-state index in [1.54, 1.807) is 23.5 Å². The normalized spacial score (nSPS) is 23.5. The van der Waals surface area contributed by atoms with Crippen LogP contribution in [0.3, 0.4) is 0 Å². The lowest BCUT2D eigenvalue weighted by Gasteiger charge is -2.30. The van der Waals surface area contributed by atoms with Gasteiger partial charge in [-0.15, -0.1) is 23.5 Å². The molecule has 2 aromatic carbocycles. The molecule has 24 heavy (non-hydrogen) atoms. The molecule has 5 heteroatoms. The number of benzene rings is 2. The van der Waals surface area contributed by atoms with Gasteiger partial charge in [-0.25, -0.2) is 0 Å². The van der Waals surface area contributed by atoms with E-state index in [9.17, 15) is 5.26 Å². The molecule has 2 aromatic rings. The van der Waals surface area contributed by atoms with Gasteiger partial charge >= 0.3 is 0 Å². The Balaban J connectivity index is 1.95. The van der Waals surface area contributed by atoms with E-state index < -0.39 is 4.08 Å². The third-order valence-corrected chi connectivity index (χ3v) is 7.24. The van der Waals surface area contributed by atoms with E-state index >= 15 is 0 Å². The third-order valence-electron chi connectivity index (χ3n) is 4.03. The molecule has 1 heterocycles. The molecule has 0 amide bonds. The van der Waals surface area contributed by atoms with Crippen molar-refractivity contribution in [3.8, 4) is 6.07 Å². The zero-order valence-corrected chi connectivity index (χ0v) is 15.6. The van der Waals surface area contributed by atoms with Gasteiger partial charge in [0.2, 0.25) is 0 Å². The zero-order valence-electron chi connectivity index (χ0n) is 13.2. The van der Waals surface area contributed by atoms with Gasteiger partial charge in [0.05, 0.1) is 18.0 Å². The first-order chi connectivity index (χ1) is 11.7. The van der Waals surface area contributed by atoms with Crippen LogP contribution in [-0.4, -0.2) is 22.3 Å². The van der Waals surface area contributed by atoms with Gasteiger partial charge in [0, 0.05) is 10.7 Å². The smallest absolute Gasteiger partial charge is 0.173 e. The van der Waals surface area contributed by atoms with Crippen LogP contribution in [-0.2, 0) is 0 Å². The molecule has 0 aliphatic carbocycles. The molecule has 0 bridgehead atoms. The van der Waals surface area contributed by atoms with Crippen molar-refractivity contribution in [1.82, 2.24) is 0 Å². The number of hydrogen-bond donors (Lipinski definition) is 0. The number of rotatable bonds is 4. The van der Waals surface area contributed by atoms with Crippen LogP contribution in [0.5, 0.6) is 0 Å². The van der Waals surface area contributed by atoms with Gasteiger partial charge < -0.3 is 4.90 Å². The molecule has 0 aromatic heterocycles. The van der Waals surface area contributed by atoms with Gasteiger partial charge in [0.1, 0.15) is 0 Å². The second-order valence-corrected chi connectivity index (χ2v) is 8.36. The van der Waals surface area contributed by atoms with Crippen LogP contribution >= 0.6 is 35.1 Å². The Kier molecular flexibility index (Phi) is 5.45. The summed E-state index contributed by atoms with van der Waals surface area (Å²) < 4.78 is -0.509. The third kappa shape index (κ3) is 3.44. The van der Waals surface area contributed by atoms with Gasteiger partial charge in [0.25, 0.3) is 0 Å². The minimum Gasteiger partial charge on any atom is -0.352 e. The first kappa shape index (κ1) is 17.3. The van der Waals surface area contributed by atoms with Gasteiger partial charge in [0.15, 0.2) is 4.08 Å². The summed E-state index contributed by atoms with van der Waals surface area (Å²) in [7, 11) is 0.